The van der Waals surface area contributed by atoms with Gasteiger partial charge in [-0.2, -0.15) is 11.8 Å². The predicted molar refractivity (Wildman–Crippen MR) is 542 cm³/mol. The van der Waals surface area contributed by atoms with E-state index in [0.717, 1.165) is 141 Å². The van der Waals surface area contributed by atoms with Gasteiger partial charge in [0.25, 0.3) is 23.6 Å². The number of carbonyl (C=O) groups excluding carboxylic acids is 8. The van der Waals surface area contributed by atoms with Crippen molar-refractivity contribution in [2.24, 2.45) is 0 Å². The molecule has 0 saturated carbocycles. The number of Topliss-reactive ketones (excluding diaryl/α,β-unsaturated/α-hetero) is 4. The summed E-state index contributed by atoms with van der Waals surface area (Å²) < 4.78 is 1.64. The molecule has 0 radical (unpaired) electrons. The maximum Gasteiger partial charge on any atom is 0.257 e. The molecule has 0 atom stereocenters. The van der Waals surface area contributed by atoms with Gasteiger partial charge in [0.15, 0.2) is 23.1 Å². The van der Waals surface area contributed by atoms with E-state index < -0.39 is 0 Å². The summed E-state index contributed by atoms with van der Waals surface area (Å²) in [5, 5.41) is 52.6. The lowest BCUT2D eigenvalue weighted by Gasteiger charge is -2.29. The summed E-state index contributed by atoms with van der Waals surface area (Å²) in [6.07, 6.45) is 13.5. The molecule has 0 aliphatic carbocycles. The molecule has 0 bridgehead atoms. The van der Waals surface area contributed by atoms with E-state index in [-0.39, 0.29) is 72.4 Å². The number of pyridine rings is 4. The van der Waals surface area contributed by atoms with Crippen LogP contribution in [0.1, 0.15) is 166 Å². The molecular weight excluding hydrogens is 1890 g/mol. The van der Waals surface area contributed by atoms with Crippen LogP contribution in [0.3, 0.4) is 0 Å². The van der Waals surface area contributed by atoms with Crippen molar-refractivity contribution >= 4 is 160 Å². The molecule has 4 aliphatic rings. The van der Waals surface area contributed by atoms with Gasteiger partial charge < -0.3 is 51.5 Å². The lowest BCUT2D eigenvalue weighted by molar-refractivity contribution is 0.0980. The number of ketones is 4. The average Bonchev–Trinajstić information content (AvgIpc) is 1.86. The number of carbonyl (C=O) groups is 8. The van der Waals surface area contributed by atoms with Crippen molar-refractivity contribution < 1.29 is 38.4 Å². The Hall–Kier alpha value is -13.4. The SMILES string of the molecule is N=C(c1ccc(C(=O)Cc2ccccc2C(=O)Nc2ccc(Br)cn2)cc1)N1CCCNCC1.N=C(c1ccc(C(=O)Cc2ccccc2C(=O)Nc2ccc(Br)cn2)cc1)N1CCNCC1.N=C(c1ccc(C(=O)Cc2ccccc2C(=O)Nc2ccc(Cl)cn2)cc1)N1CCCCCCC1.N=C(c1ccc(C(=O)Cc2ccccc2C(=O)Nc2ccc(Cl)cn2)cc1)N1CCSCC1. The standard InChI is InChI=1S/C28H29ClN4O2.C26H26BrN5O2.C25H24BrN5O2.C25H23ClN4O2S/c29-23-14-15-26(31-19-23)32-28(35)24-9-5-4-8-22(24)18-25(34)20-10-12-21(13-11-20)27(30)33-16-6-2-1-3-7-17-33;27-21-10-11-24(30-17-21)31-26(34)22-5-2-1-4-20(22)16-23(33)18-6-8-19(9-7-18)25(28)32-14-3-12-29-13-15-32;26-20-9-10-23(29-16-20)30-25(33)21-4-2-1-3-19(21)15-22(32)17-5-7-18(8-6-17)24(27)31-13-11-28-12-14-31;26-20-9-10-23(28-16-20)29-25(32)21-4-2-1-3-19(21)15-22(31)17-5-7-18(8-6-17)24(27)30-11-13-33-14-12-30/h4-5,8-15,19,30H,1-3,6-7,16-18H2,(H,31,32,35);1-2,4-11,17,28-29H,3,12-16H2,(H,30,31,34);1-10,16,27-28H,11-15H2,(H,29,30,33);1-10,16,27H,11-15H2,(H,28,29,32). The Balaban J connectivity index is 0.000000152. The fourth-order valence-corrected chi connectivity index (χ4v) is 17.0. The summed E-state index contributed by atoms with van der Waals surface area (Å²) in [6.45, 7) is 10.4. The van der Waals surface area contributed by atoms with Crippen LogP contribution in [0.5, 0.6) is 0 Å². The van der Waals surface area contributed by atoms with Crippen molar-refractivity contribution in [3.05, 3.63) is 375 Å². The van der Waals surface area contributed by atoms with E-state index in [1.54, 1.807) is 188 Å². The van der Waals surface area contributed by atoms with Gasteiger partial charge in [0.2, 0.25) is 0 Å². The number of nitrogens with one attached hydrogen (secondary N) is 10. The van der Waals surface area contributed by atoms with Crippen molar-refractivity contribution in [2.75, 3.05) is 111 Å². The van der Waals surface area contributed by atoms with E-state index in [9.17, 15) is 38.4 Å². The second-order valence-electron chi connectivity index (χ2n) is 32.2. The van der Waals surface area contributed by atoms with Crippen LogP contribution >= 0.6 is 66.8 Å². The van der Waals surface area contributed by atoms with Gasteiger partial charge in [-0.25, -0.2) is 19.9 Å². The van der Waals surface area contributed by atoms with E-state index in [4.69, 9.17) is 44.8 Å². The van der Waals surface area contributed by atoms with Gasteiger partial charge in [-0.3, -0.25) is 60.0 Å². The van der Waals surface area contributed by atoms with Crippen molar-refractivity contribution in [2.45, 2.75) is 64.2 Å². The molecule has 4 aromatic heterocycles. The first kappa shape index (κ1) is 99.1. The molecule has 4 aliphatic heterocycles. The first-order valence-corrected chi connectivity index (χ1v) is 47.9. The number of benzene rings is 8. The Morgan fingerprint density at radius 1 is 0.296 bits per heavy atom. The quantitative estimate of drug-likeness (QED) is 0.0153. The maximum absolute atomic E-state index is 13.0. The van der Waals surface area contributed by atoms with Gasteiger partial charge in [-0.05, 0) is 153 Å². The molecular formula is C104H102Br2Cl2N18O8S. The number of amidine groups is 4. The van der Waals surface area contributed by atoms with Gasteiger partial charge in [0.05, 0.1) is 10.0 Å². The third-order valence-corrected chi connectivity index (χ3v) is 25.2. The van der Waals surface area contributed by atoms with Crippen LogP contribution in [0.2, 0.25) is 10.0 Å². The number of hydrogen-bond donors (Lipinski definition) is 10. The molecule has 16 rings (SSSR count). The van der Waals surface area contributed by atoms with Crippen LogP contribution < -0.4 is 31.9 Å². The highest BCUT2D eigenvalue weighted by Crippen LogP contribution is 2.26. The zero-order chi connectivity index (χ0) is 95.0. The van der Waals surface area contributed by atoms with Crippen molar-refractivity contribution in [1.29, 1.82) is 21.6 Å². The Kier molecular flexibility index (Phi) is 36.8. The molecule has 135 heavy (non-hydrogen) atoms. The number of aromatic nitrogens is 4. The number of anilines is 4. The number of halogens is 4. The molecule has 31 heteroatoms. The van der Waals surface area contributed by atoms with Gasteiger partial charge in [0, 0.05) is 210 Å². The second-order valence-corrected chi connectivity index (χ2v) is 36.1. The fraction of sp³-hybridized carbons (Fsp3) is 0.231. The Labute approximate surface area is 815 Å². The lowest BCUT2D eigenvalue weighted by atomic mass is 9.97. The zero-order valence-electron chi connectivity index (χ0n) is 74.1. The summed E-state index contributed by atoms with van der Waals surface area (Å²) in [5.74, 6) is 4.02. The van der Waals surface area contributed by atoms with E-state index in [1.807, 2.05) is 83.4 Å². The highest BCUT2D eigenvalue weighted by molar-refractivity contribution is 9.10. The minimum Gasteiger partial charge on any atom is -0.357 e. The summed E-state index contributed by atoms with van der Waals surface area (Å²) in [6, 6.07) is 70.5. The van der Waals surface area contributed by atoms with Crippen molar-refractivity contribution in [3.8, 4) is 0 Å². The topological polar surface area (TPSA) is 369 Å². The monoisotopic (exact) mass is 1990 g/mol. The number of hydrogen-bond acceptors (Lipinski definition) is 19. The fourth-order valence-electron chi connectivity index (χ4n) is 15.4. The molecule has 690 valence electrons. The molecule has 8 aromatic carbocycles. The maximum atomic E-state index is 13.0. The predicted octanol–water partition coefficient (Wildman–Crippen LogP) is 18.7. The third-order valence-electron chi connectivity index (χ3n) is 22.8. The molecule has 0 spiro atoms. The first-order valence-electron chi connectivity index (χ1n) is 44.5. The summed E-state index contributed by atoms with van der Waals surface area (Å²) >= 11 is 20.2. The molecule has 26 nitrogen and oxygen atoms in total. The molecule has 4 amide bonds. The Bertz CT molecular complexity index is 5990. The van der Waals surface area contributed by atoms with Crippen LogP contribution in [0.15, 0.2) is 276 Å². The second kappa shape index (κ2) is 50.1. The van der Waals surface area contributed by atoms with Crippen LogP contribution in [-0.2, 0) is 25.7 Å². The number of nitrogens with zero attached hydrogens (tertiary/aromatic N) is 8. The first-order chi connectivity index (χ1) is 65.5. The van der Waals surface area contributed by atoms with Crippen LogP contribution in [0, 0.1) is 21.6 Å². The number of amides is 4. The molecule has 4 saturated heterocycles. The number of piperazine rings is 1. The van der Waals surface area contributed by atoms with Gasteiger partial charge in [0.1, 0.15) is 46.6 Å². The number of likely N-dealkylation sites (tertiary alicyclic amines) is 1. The summed E-state index contributed by atoms with van der Waals surface area (Å²) in [5.41, 5.74) is 9.71. The smallest absolute Gasteiger partial charge is 0.257 e. The molecule has 10 N–H and O–H groups in total. The average molecular weight is 1990 g/mol. The minimum atomic E-state index is -0.336. The normalized spacial score (nSPS) is 13.7. The van der Waals surface area contributed by atoms with Crippen molar-refractivity contribution in [3.63, 3.8) is 0 Å². The van der Waals surface area contributed by atoms with Crippen LogP contribution in [-0.4, -0.2) is 200 Å². The van der Waals surface area contributed by atoms with E-state index >= 15 is 0 Å². The van der Waals surface area contributed by atoms with Gasteiger partial charge in [-0.1, -0.05) is 212 Å². The number of rotatable bonds is 24. The van der Waals surface area contributed by atoms with Crippen LogP contribution in [0.4, 0.5) is 23.3 Å². The molecule has 12 aromatic rings. The van der Waals surface area contributed by atoms with E-state index in [2.05, 4.69) is 98.4 Å². The highest BCUT2D eigenvalue weighted by Gasteiger charge is 2.25. The molecule has 8 heterocycles. The summed E-state index contributed by atoms with van der Waals surface area (Å²) in [7, 11) is 0. The molecule has 4 fully saturated rings. The highest BCUT2D eigenvalue weighted by atomic mass is 79.9. The van der Waals surface area contributed by atoms with E-state index in [1.165, 1.54) is 31.7 Å². The lowest BCUT2D eigenvalue weighted by Crippen LogP contribution is -2.46. The zero-order valence-corrected chi connectivity index (χ0v) is 79.6. The van der Waals surface area contributed by atoms with Gasteiger partial charge >= 0.3 is 0 Å². The third kappa shape index (κ3) is 29.1. The Morgan fingerprint density at radius 2 is 0.548 bits per heavy atom. The largest absolute Gasteiger partial charge is 0.357 e. The summed E-state index contributed by atoms with van der Waals surface area (Å²) in [4.78, 5) is 128. The van der Waals surface area contributed by atoms with Crippen molar-refractivity contribution in [1.82, 2.24) is 50.2 Å². The van der Waals surface area contributed by atoms with Crippen LogP contribution in [0.25, 0.3) is 0 Å². The van der Waals surface area contributed by atoms with E-state index in [0.29, 0.717) is 123 Å². The Morgan fingerprint density at radius 3 is 0.844 bits per heavy atom. The minimum absolute atomic E-state index is 0.0841. The number of thioether (sulfide) groups is 1. The van der Waals surface area contributed by atoms with Gasteiger partial charge in [-0.15, -0.1) is 0 Å². The molecule has 0 unspecified atom stereocenters.